The molecular formula is C13H14BrNO2. The monoisotopic (exact) mass is 295 g/mol. The molecule has 3 rings (SSSR count). The number of benzene rings is 1. The van der Waals surface area contributed by atoms with E-state index in [1.165, 1.54) is 0 Å². The van der Waals surface area contributed by atoms with Crippen molar-refractivity contribution in [2.24, 2.45) is 5.92 Å². The number of aliphatic hydroxyl groups excluding tert-OH is 1. The van der Waals surface area contributed by atoms with Crippen molar-refractivity contribution in [1.82, 2.24) is 4.90 Å². The Kier molecular flexibility index (Phi) is 2.71. The molecule has 1 saturated heterocycles. The predicted octanol–water partition coefficient (Wildman–Crippen LogP) is 1.66. The van der Waals surface area contributed by atoms with Crippen molar-refractivity contribution in [3.05, 3.63) is 35.9 Å². The highest BCUT2D eigenvalue weighted by Gasteiger charge is 2.52. The van der Waals surface area contributed by atoms with Crippen LogP contribution in [0.4, 0.5) is 0 Å². The first-order valence-electron chi connectivity index (χ1n) is 5.86. The number of hydrogen-bond donors (Lipinski definition) is 1. The number of carbonyl (C=O) groups is 1. The molecule has 3 nitrogen and oxygen atoms in total. The normalized spacial score (nSPS) is 35.3. The van der Waals surface area contributed by atoms with Crippen LogP contribution >= 0.6 is 15.9 Å². The van der Waals surface area contributed by atoms with E-state index in [9.17, 15) is 9.90 Å². The van der Waals surface area contributed by atoms with Crippen molar-refractivity contribution in [3.8, 4) is 0 Å². The first kappa shape index (κ1) is 11.2. The Bertz CT molecular complexity index is 436. The molecule has 1 aliphatic carbocycles. The van der Waals surface area contributed by atoms with Crippen molar-refractivity contribution in [3.63, 3.8) is 0 Å². The van der Waals surface area contributed by atoms with Crippen LogP contribution in [-0.2, 0) is 0 Å². The van der Waals surface area contributed by atoms with Gasteiger partial charge in [0.25, 0.3) is 5.91 Å². The first-order valence-corrected chi connectivity index (χ1v) is 6.78. The molecule has 90 valence electrons. The fraction of sp³-hybridized carbons (Fsp3) is 0.462. The van der Waals surface area contributed by atoms with Gasteiger partial charge in [-0.05, 0) is 18.6 Å². The van der Waals surface area contributed by atoms with Gasteiger partial charge >= 0.3 is 0 Å². The number of nitrogens with zero attached hydrogens (tertiary/aromatic N) is 1. The molecule has 0 aromatic heterocycles. The van der Waals surface area contributed by atoms with E-state index in [1.54, 1.807) is 0 Å². The molecule has 1 heterocycles. The number of alkyl halides is 1. The second-order valence-corrected chi connectivity index (χ2v) is 5.99. The van der Waals surface area contributed by atoms with Gasteiger partial charge in [-0.2, -0.15) is 0 Å². The van der Waals surface area contributed by atoms with Gasteiger partial charge < -0.3 is 10.0 Å². The number of fused-ring (bicyclic) bond motifs is 2. The van der Waals surface area contributed by atoms with Crippen LogP contribution in [0.25, 0.3) is 0 Å². The smallest absolute Gasteiger partial charge is 0.254 e. The quantitative estimate of drug-likeness (QED) is 0.801. The lowest BCUT2D eigenvalue weighted by molar-refractivity contribution is 0.0659. The van der Waals surface area contributed by atoms with Gasteiger partial charge in [-0.15, -0.1) is 0 Å². The lowest BCUT2D eigenvalue weighted by Crippen LogP contribution is -2.44. The molecule has 17 heavy (non-hydrogen) atoms. The number of likely N-dealkylation sites (tertiary alicyclic amines) is 1. The Morgan fingerprint density at radius 1 is 1.35 bits per heavy atom. The number of aliphatic hydroxyl groups is 1. The Balaban J connectivity index is 1.85. The largest absolute Gasteiger partial charge is 0.391 e. The summed E-state index contributed by atoms with van der Waals surface area (Å²) in [6.45, 7) is 0.682. The Hall–Kier alpha value is -0.870. The van der Waals surface area contributed by atoms with Crippen molar-refractivity contribution < 1.29 is 9.90 Å². The van der Waals surface area contributed by atoms with Crippen molar-refractivity contribution in [2.75, 3.05) is 6.54 Å². The van der Waals surface area contributed by atoms with E-state index >= 15 is 0 Å². The second-order valence-electron chi connectivity index (χ2n) is 4.82. The fourth-order valence-electron chi connectivity index (χ4n) is 2.96. The summed E-state index contributed by atoms with van der Waals surface area (Å²) in [5.74, 6) is 0.262. The van der Waals surface area contributed by atoms with Gasteiger partial charge in [-0.25, -0.2) is 0 Å². The van der Waals surface area contributed by atoms with E-state index in [1.807, 2.05) is 35.2 Å². The molecule has 0 unspecified atom stereocenters. The summed E-state index contributed by atoms with van der Waals surface area (Å²) in [4.78, 5) is 14.4. The summed E-state index contributed by atoms with van der Waals surface area (Å²) in [7, 11) is 0. The average molecular weight is 296 g/mol. The molecule has 1 N–H and O–H groups in total. The molecule has 1 aliphatic heterocycles. The molecule has 2 aliphatic rings. The van der Waals surface area contributed by atoms with Crippen LogP contribution in [0.5, 0.6) is 0 Å². The van der Waals surface area contributed by atoms with E-state index < -0.39 is 0 Å². The summed E-state index contributed by atoms with van der Waals surface area (Å²) in [6.07, 6.45) is 0.594. The van der Waals surface area contributed by atoms with Crippen molar-refractivity contribution >= 4 is 21.8 Å². The summed E-state index contributed by atoms with van der Waals surface area (Å²) in [5.41, 5.74) is 0.701. The average Bonchev–Trinajstić information content (AvgIpc) is 2.81. The highest BCUT2D eigenvalue weighted by Crippen LogP contribution is 2.42. The summed E-state index contributed by atoms with van der Waals surface area (Å²) < 4.78 is 0. The predicted molar refractivity (Wildman–Crippen MR) is 68.1 cm³/mol. The van der Waals surface area contributed by atoms with Crippen LogP contribution in [0.15, 0.2) is 30.3 Å². The Morgan fingerprint density at radius 2 is 2.06 bits per heavy atom. The molecule has 4 atom stereocenters. The highest BCUT2D eigenvalue weighted by atomic mass is 79.9. The third-order valence-electron chi connectivity index (χ3n) is 3.80. The zero-order valence-electron chi connectivity index (χ0n) is 9.29. The van der Waals surface area contributed by atoms with Gasteiger partial charge in [0.2, 0.25) is 0 Å². The third kappa shape index (κ3) is 1.70. The number of halogens is 1. The number of rotatable bonds is 1. The van der Waals surface area contributed by atoms with Gasteiger partial charge in [0, 0.05) is 22.9 Å². The van der Waals surface area contributed by atoms with Crippen LogP contribution in [0.3, 0.4) is 0 Å². The summed E-state index contributed by atoms with van der Waals surface area (Å²) in [6, 6.07) is 9.21. The number of hydrogen-bond acceptors (Lipinski definition) is 2. The number of amides is 1. The highest BCUT2D eigenvalue weighted by molar-refractivity contribution is 9.09. The standard InChI is InChI=1S/C13H14BrNO2/c14-10-6-9-7-15(11(10)12(9)16)13(17)8-4-2-1-3-5-8/h1-5,9-12,16H,6-7H2/t9-,10+,11+,12-/m0/s1. The maximum absolute atomic E-state index is 12.3. The van der Waals surface area contributed by atoms with Gasteiger partial charge in [0.1, 0.15) is 0 Å². The van der Waals surface area contributed by atoms with E-state index in [4.69, 9.17) is 0 Å². The van der Waals surface area contributed by atoms with Crippen LogP contribution in [0, 0.1) is 5.92 Å². The lowest BCUT2D eigenvalue weighted by Gasteiger charge is -2.30. The topological polar surface area (TPSA) is 40.5 Å². The second kappa shape index (κ2) is 4.10. The lowest BCUT2D eigenvalue weighted by atomic mass is 10.1. The molecule has 4 heteroatoms. The molecule has 0 spiro atoms. The Morgan fingerprint density at radius 3 is 2.65 bits per heavy atom. The van der Waals surface area contributed by atoms with Crippen LogP contribution in [0.2, 0.25) is 0 Å². The SMILES string of the molecule is O=C(c1ccccc1)N1C[C@@H]2C[C@@H](Br)[C@@H]1[C@H]2O. The Labute approximate surface area is 109 Å². The fourth-order valence-corrected chi connectivity index (χ4v) is 4.04. The minimum Gasteiger partial charge on any atom is -0.391 e. The molecule has 0 radical (unpaired) electrons. The van der Waals surface area contributed by atoms with Gasteiger partial charge in [-0.3, -0.25) is 4.79 Å². The molecule has 1 amide bonds. The maximum Gasteiger partial charge on any atom is 0.254 e. The molecule has 2 bridgehead atoms. The van der Waals surface area contributed by atoms with E-state index in [-0.39, 0.29) is 28.8 Å². The van der Waals surface area contributed by atoms with Gasteiger partial charge in [-0.1, -0.05) is 34.1 Å². The number of piperidine rings is 1. The molecule has 1 aromatic carbocycles. The van der Waals surface area contributed by atoms with Crippen LogP contribution in [0.1, 0.15) is 16.8 Å². The minimum absolute atomic E-state index is 0.0290. The molecule has 1 aromatic rings. The van der Waals surface area contributed by atoms with Gasteiger partial charge in [0.05, 0.1) is 12.1 Å². The molecule has 2 fully saturated rings. The molecular weight excluding hydrogens is 282 g/mol. The maximum atomic E-state index is 12.3. The summed E-state index contributed by atoms with van der Waals surface area (Å²) >= 11 is 3.56. The van der Waals surface area contributed by atoms with Crippen molar-refractivity contribution in [1.29, 1.82) is 0 Å². The third-order valence-corrected chi connectivity index (χ3v) is 4.72. The first-order chi connectivity index (χ1) is 8.18. The summed E-state index contributed by atoms with van der Waals surface area (Å²) in [5, 5.41) is 10.0. The van der Waals surface area contributed by atoms with Crippen LogP contribution in [-0.4, -0.2) is 39.4 Å². The molecule has 1 saturated carbocycles. The number of carbonyl (C=O) groups excluding carboxylic acids is 1. The van der Waals surface area contributed by atoms with Crippen LogP contribution < -0.4 is 0 Å². The minimum atomic E-state index is -0.368. The van der Waals surface area contributed by atoms with E-state index in [0.29, 0.717) is 12.1 Å². The van der Waals surface area contributed by atoms with E-state index in [2.05, 4.69) is 15.9 Å². The van der Waals surface area contributed by atoms with Crippen molar-refractivity contribution in [2.45, 2.75) is 23.4 Å². The van der Waals surface area contributed by atoms with E-state index in [0.717, 1.165) is 6.42 Å². The zero-order valence-corrected chi connectivity index (χ0v) is 10.9. The zero-order chi connectivity index (χ0) is 12.0. The van der Waals surface area contributed by atoms with Gasteiger partial charge in [0.15, 0.2) is 0 Å².